The molecule has 1 fully saturated rings. The highest BCUT2D eigenvalue weighted by Gasteiger charge is 2.45. The Balaban J connectivity index is 1.59. The SMILES string of the molecule is CCNC(=O)[C@]1(Cc2cccc(-c3ccc(C)cc3)c2)CCN(C(=O)c2cccnc2)C1. The van der Waals surface area contributed by atoms with E-state index < -0.39 is 5.41 Å². The highest BCUT2D eigenvalue weighted by atomic mass is 16.2. The molecule has 5 heteroatoms. The third-order valence-electron chi connectivity index (χ3n) is 6.22. The maximum atomic E-state index is 13.2. The van der Waals surface area contributed by atoms with Gasteiger partial charge in [-0.3, -0.25) is 14.6 Å². The molecule has 1 aliphatic rings. The molecule has 1 atom stereocenters. The molecule has 0 bridgehead atoms. The maximum absolute atomic E-state index is 13.2. The number of amides is 2. The molecule has 5 nitrogen and oxygen atoms in total. The van der Waals surface area contributed by atoms with Crippen molar-refractivity contribution >= 4 is 11.8 Å². The van der Waals surface area contributed by atoms with E-state index in [0.29, 0.717) is 38.0 Å². The second kappa shape index (κ2) is 9.35. The highest BCUT2D eigenvalue weighted by Crippen LogP contribution is 2.36. The number of likely N-dealkylation sites (tertiary alicyclic amines) is 1. The van der Waals surface area contributed by atoms with Gasteiger partial charge in [0.1, 0.15) is 0 Å². The summed E-state index contributed by atoms with van der Waals surface area (Å²) in [6.45, 7) is 5.54. The van der Waals surface area contributed by atoms with Gasteiger partial charge in [0.05, 0.1) is 11.0 Å². The van der Waals surface area contributed by atoms with Crippen LogP contribution in [0.2, 0.25) is 0 Å². The zero-order valence-corrected chi connectivity index (χ0v) is 18.7. The first kappa shape index (κ1) is 21.8. The van der Waals surface area contributed by atoms with Gasteiger partial charge >= 0.3 is 0 Å². The Morgan fingerprint density at radius 3 is 2.59 bits per heavy atom. The molecule has 0 radical (unpaired) electrons. The van der Waals surface area contributed by atoms with Gasteiger partial charge in [0.25, 0.3) is 5.91 Å². The third kappa shape index (κ3) is 4.57. The number of carbonyl (C=O) groups excluding carboxylic acids is 2. The number of rotatable bonds is 6. The van der Waals surface area contributed by atoms with E-state index in [1.165, 1.54) is 5.56 Å². The van der Waals surface area contributed by atoms with Crippen LogP contribution in [0.25, 0.3) is 11.1 Å². The average molecular weight is 428 g/mol. The van der Waals surface area contributed by atoms with E-state index in [2.05, 4.69) is 59.7 Å². The lowest BCUT2D eigenvalue weighted by Crippen LogP contribution is -2.45. The van der Waals surface area contributed by atoms with Crippen LogP contribution in [0, 0.1) is 12.3 Å². The molecule has 3 aromatic rings. The van der Waals surface area contributed by atoms with Crippen LogP contribution in [0.15, 0.2) is 73.1 Å². The monoisotopic (exact) mass is 427 g/mol. The number of nitrogens with one attached hydrogen (secondary N) is 1. The lowest BCUT2D eigenvalue weighted by atomic mass is 9.79. The van der Waals surface area contributed by atoms with Crippen LogP contribution in [0.4, 0.5) is 0 Å². The van der Waals surface area contributed by atoms with Gasteiger partial charge in [-0.1, -0.05) is 54.1 Å². The number of pyridine rings is 1. The van der Waals surface area contributed by atoms with Crippen molar-refractivity contribution in [2.45, 2.75) is 26.7 Å². The van der Waals surface area contributed by atoms with Gasteiger partial charge in [0, 0.05) is 32.0 Å². The van der Waals surface area contributed by atoms with Crippen LogP contribution in [0.5, 0.6) is 0 Å². The Labute approximate surface area is 189 Å². The van der Waals surface area contributed by atoms with Gasteiger partial charge in [-0.2, -0.15) is 0 Å². The van der Waals surface area contributed by atoms with Crippen molar-refractivity contribution in [1.29, 1.82) is 0 Å². The van der Waals surface area contributed by atoms with Crippen molar-refractivity contribution in [2.24, 2.45) is 5.41 Å². The molecule has 0 aliphatic carbocycles. The van der Waals surface area contributed by atoms with Crippen LogP contribution >= 0.6 is 0 Å². The fourth-order valence-electron chi connectivity index (χ4n) is 4.47. The second-order valence-electron chi connectivity index (χ2n) is 8.60. The van der Waals surface area contributed by atoms with Gasteiger partial charge in [-0.15, -0.1) is 0 Å². The van der Waals surface area contributed by atoms with E-state index in [0.717, 1.165) is 16.7 Å². The molecule has 1 aromatic heterocycles. The Bertz CT molecular complexity index is 1100. The Morgan fingerprint density at radius 1 is 1.06 bits per heavy atom. The van der Waals surface area contributed by atoms with E-state index in [-0.39, 0.29) is 11.8 Å². The minimum atomic E-state index is -0.639. The fourth-order valence-corrected chi connectivity index (χ4v) is 4.47. The molecule has 2 amide bonds. The maximum Gasteiger partial charge on any atom is 0.255 e. The highest BCUT2D eigenvalue weighted by molar-refractivity contribution is 5.95. The first-order valence-corrected chi connectivity index (χ1v) is 11.1. The predicted octanol–water partition coefficient (Wildman–Crippen LogP) is 4.27. The Hall–Kier alpha value is -3.47. The number of benzene rings is 2. The minimum absolute atomic E-state index is 0.0159. The first-order valence-electron chi connectivity index (χ1n) is 11.1. The lowest BCUT2D eigenvalue weighted by molar-refractivity contribution is -0.130. The molecule has 1 aliphatic heterocycles. The number of hydrogen-bond acceptors (Lipinski definition) is 3. The summed E-state index contributed by atoms with van der Waals surface area (Å²) in [4.78, 5) is 32.0. The molecule has 0 unspecified atom stereocenters. The van der Waals surface area contributed by atoms with Gasteiger partial charge in [0.15, 0.2) is 0 Å². The molecule has 0 spiro atoms. The summed E-state index contributed by atoms with van der Waals surface area (Å²) in [6, 6.07) is 20.4. The van der Waals surface area contributed by atoms with Crippen molar-refractivity contribution in [2.75, 3.05) is 19.6 Å². The zero-order chi connectivity index (χ0) is 22.6. The number of aromatic nitrogens is 1. The second-order valence-corrected chi connectivity index (χ2v) is 8.60. The molecule has 4 rings (SSSR count). The third-order valence-corrected chi connectivity index (χ3v) is 6.22. The number of aryl methyl sites for hydroxylation is 1. The van der Waals surface area contributed by atoms with Crippen LogP contribution in [-0.4, -0.2) is 41.3 Å². The molecule has 1 N–H and O–H groups in total. The standard InChI is InChI=1S/C27H29N3O2/c1-3-29-26(32)27(13-15-30(19-27)25(31)24-8-5-14-28-18-24)17-21-6-4-7-23(16-21)22-11-9-20(2)10-12-22/h4-12,14,16,18H,3,13,15,17,19H2,1-2H3,(H,29,32)/t27-/m0/s1. The van der Waals surface area contributed by atoms with Crippen LogP contribution in [0.1, 0.15) is 34.8 Å². The van der Waals surface area contributed by atoms with E-state index in [1.54, 1.807) is 29.4 Å². The van der Waals surface area contributed by atoms with Crippen molar-refractivity contribution in [3.63, 3.8) is 0 Å². The molecular weight excluding hydrogens is 398 g/mol. The van der Waals surface area contributed by atoms with Gasteiger partial charge < -0.3 is 10.2 Å². The summed E-state index contributed by atoms with van der Waals surface area (Å²) in [7, 11) is 0. The average Bonchev–Trinajstić information content (AvgIpc) is 3.25. The molecule has 2 aromatic carbocycles. The van der Waals surface area contributed by atoms with Crippen molar-refractivity contribution in [3.8, 4) is 11.1 Å². The Morgan fingerprint density at radius 2 is 1.88 bits per heavy atom. The molecule has 164 valence electrons. The normalized spacial score (nSPS) is 17.9. The van der Waals surface area contributed by atoms with E-state index in [1.807, 2.05) is 13.0 Å². The van der Waals surface area contributed by atoms with Crippen molar-refractivity contribution in [1.82, 2.24) is 15.2 Å². The summed E-state index contributed by atoms with van der Waals surface area (Å²) in [5, 5.41) is 3.01. The lowest BCUT2D eigenvalue weighted by Gasteiger charge is -2.28. The van der Waals surface area contributed by atoms with Gasteiger partial charge in [-0.25, -0.2) is 0 Å². The predicted molar refractivity (Wildman–Crippen MR) is 126 cm³/mol. The summed E-state index contributed by atoms with van der Waals surface area (Å²) < 4.78 is 0. The van der Waals surface area contributed by atoms with Crippen molar-refractivity contribution in [3.05, 3.63) is 89.7 Å². The van der Waals surface area contributed by atoms with E-state index in [4.69, 9.17) is 0 Å². The number of nitrogens with zero attached hydrogens (tertiary/aromatic N) is 2. The van der Waals surface area contributed by atoms with Gasteiger partial charge in [-0.05, 0) is 55.5 Å². The van der Waals surface area contributed by atoms with Crippen LogP contribution < -0.4 is 5.32 Å². The molecular formula is C27H29N3O2. The smallest absolute Gasteiger partial charge is 0.255 e. The van der Waals surface area contributed by atoms with Crippen molar-refractivity contribution < 1.29 is 9.59 Å². The minimum Gasteiger partial charge on any atom is -0.356 e. The summed E-state index contributed by atoms with van der Waals surface area (Å²) in [5.74, 6) is -0.0556. The summed E-state index contributed by atoms with van der Waals surface area (Å²) in [6.07, 6.45) is 4.47. The summed E-state index contributed by atoms with van der Waals surface area (Å²) in [5.41, 5.74) is 4.54. The zero-order valence-electron chi connectivity index (χ0n) is 18.7. The molecule has 32 heavy (non-hydrogen) atoms. The quantitative estimate of drug-likeness (QED) is 0.639. The molecule has 2 heterocycles. The van der Waals surface area contributed by atoms with Crippen LogP contribution in [-0.2, 0) is 11.2 Å². The topological polar surface area (TPSA) is 62.3 Å². The molecule has 1 saturated heterocycles. The first-order chi connectivity index (χ1) is 15.5. The van der Waals surface area contributed by atoms with E-state index >= 15 is 0 Å². The largest absolute Gasteiger partial charge is 0.356 e. The summed E-state index contributed by atoms with van der Waals surface area (Å²) >= 11 is 0. The number of hydrogen-bond donors (Lipinski definition) is 1. The van der Waals surface area contributed by atoms with E-state index in [9.17, 15) is 9.59 Å². The fraction of sp³-hybridized carbons (Fsp3) is 0.296. The van der Waals surface area contributed by atoms with Crippen LogP contribution in [0.3, 0.4) is 0 Å². The molecule has 0 saturated carbocycles. The Kier molecular flexibility index (Phi) is 6.35. The number of carbonyl (C=O) groups is 2. The van der Waals surface area contributed by atoms with Gasteiger partial charge in [0.2, 0.25) is 5.91 Å².